The van der Waals surface area contributed by atoms with E-state index in [1.807, 2.05) is 7.05 Å². The number of Topliss-reactive ketones (excluding diaryl/α,β-unsaturated/α-hetero) is 1. The summed E-state index contributed by atoms with van der Waals surface area (Å²) in [6.07, 6.45) is 5.38. The minimum absolute atomic E-state index is 0.0662. The molecule has 14 heteroatoms. The van der Waals surface area contributed by atoms with Gasteiger partial charge in [-0.25, -0.2) is 0 Å². The Morgan fingerprint density at radius 3 is 1.52 bits per heavy atom. The van der Waals surface area contributed by atoms with Gasteiger partial charge < -0.3 is 29.1 Å². The van der Waals surface area contributed by atoms with Crippen molar-refractivity contribution in [1.29, 1.82) is 0 Å². The van der Waals surface area contributed by atoms with E-state index >= 15 is 0 Å². The monoisotopic (exact) mass is 716 g/mol. The van der Waals surface area contributed by atoms with Crippen molar-refractivity contribution < 1.29 is 37.6 Å². The van der Waals surface area contributed by atoms with E-state index in [0.29, 0.717) is 32.2 Å². The van der Waals surface area contributed by atoms with Gasteiger partial charge in [-0.3, -0.25) is 19.2 Å². The number of hydrogen-bond acceptors (Lipinski definition) is 7. The Bertz CT molecular complexity index is 1070. The molecule has 266 valence electrons. The summed E-state index contributed by atoms with van der Waals surface area (Å²) in [6.45, 7) is 20.8. The van der Waals surface area contributed by atoms with E-state index in [-0.39, 0.29) is 22.8 Å². The third kappa shape index (κ3) is 12.1. The van der Waals surface area contributed by atoms with E-state index < -0.39 is 68.9 Å². The van der Waals surface area contributed by atoms with Gasteiger partial charge in [0.05, 0.1) is 17.8 Å². The molecular weight excluding hydrogens is 653 g/mol. The Labute approximate surface area is 282 Å². The number of aliphatic carboxylic acids is 2. The van der Waals surface area contributed by atoms with Crippen LogP contribution in [0.1, 0.15) is 58.3 Å². The summed E-state index contributed by atoms with van der Waals surface area (Å²) in [5.41, 5.74) is 0.316. The highest BCUT2D eigenvalue weighted by Crippen LogP contribution is 2.48. The zero-order chi connectivity index (χ0) is 35.1. The molecule has 0 aromatic carbocycles. The van der Waals surface area contributed by atoms with Gasteiger partial charge in [-0.1, -0.05) is 0 Å². The van der Waals surface area contributed by atoms with Crippen molar-refractivity contribution in [3.63, 3.8) is 0 Å². The van der Waals surface area contributed by atoms with E-state index in [9.17, 15) is 29.4 Å². The molecule has 1 amide bonds. The van der Waals surface area contributed by atoms with Crippen molar-refractivity contribution in [3.05, 3.63) is 0 Å². The molecule has 2 aliphatic carbocycles. The molecule has 0 spiro atoms. The molecule has 4 N–H and O–H groups in total. The Balaban J connectivity index is 2.02. The SMILES string of the molecule is CNCCC[Si](C)(C)O[Si](C)(C)CCCNC(=O)C1CC([Si](C)(C)O[Si](C)(C)C2CCC(C(=O)O)C(C(C)=O)C2)CCC1C(=O)O. The molecule has 0 aliphatic heterocycles. The normalized spacial score (nSPS) is 26.4. The molecule has 2 aliphatic rings. The topological polar surface area (TPSA) is 151 Å². The fraction of sp³-hybridized carbons (Fsp3) is 0.875. The summed E-state index contributed by atoms with van der Waals surface area (Å²) in [5, 5.41) is 26.0. The predicted molar refractivity (Wildman–Crippen MR) is 193 cm³/mol. The highest BCUT2D eigenvalue weighted by molar-refractivity contribution is 6.86. The first-order chi connectivity index (χ1) is 21.1. The van der Waals surface area contributed by atoms with Crippen LogP contribution < -0.4 is 10.6 Å². The Kier molecular flexibility index (Phi) is 15.1. The van der Waals surface area contributed by atoms with Crippen LogP contribution in [0.4, 0.5) is 0 Å². The van der Waals surface area contributed by atoms with E-state index in [2.05, 4.69) is 63.0 Å². The lowest BCUT2D eigenvalue weighted by Gasteiger charge is -2.47. The van der Waals surface area contributed by atoms with Crippen LogP contribution in [0.15, 0.2) is 0 Å². The molecule has 0 saturated heterocycles. The summed E-state index contributed by atoms with van der Waals surface area (Å²) in [4.78, 5) is 49.9. The van der Waals surface area contributed by atoms with Crippen LogP contribution in [0, 0.1) is 23.7 Å². The van der Waals surface area contributed by atoms with Gasteiger partial charge in [0.1, 0.15) is 5.78 Å². The molecule has 0 aromatic rings. The molecule has 6 atom stereocenters. The molecule has 0 radical (unpaired) electrons. The standard InChI is InChI=1S/C32H64N2O8Si4/c1-23(35)28-21-24(13-15-26(28)31(37)38)45(7,8)42-46(9,10)25-14-16-27(32(39)40)29(22-25)30(36)34-18-12-20-44(5,6)41-43(3,4)19-11-17-33-2/h24-29,33H,11-22H2,1-10H3,(H,34,36)(H,37,38)(H,39,40). The van der Waals surface area contributed by atoms with Crippen LogP contribution >= 0.6 is 0 Å². The van der Waals surface area contributed by atoms with Crippen LogP contribution in [0.5, 0.6) is 0 Å². The van der Waals surface area contributed by atoms with Gasteiger partial charge in [0, 0.05) is 12.5 Å². The van der Waals surface area contributed by atoms with Crippen molar-refractivity contribution in [2.24, 2.45) is 23.7 Å². The van der Waals surface area contributed by atoms with Crippen molar-refractivity contribution in [1.82, 2.24) is 10.6 Å². The van der Waals surface area contributed by atoms with E-state index in [1.54, 1.807) is 0 Å². The number of carboxylic acid groups (broad SMARTS) is 2. The van der Waals surface area contributed by atoms with Gasteiger partial charge >= 0.3 is 11.9 Å². The maximum atomic E-state index is 13.5. The van der Waals surface area contributed by atoms with Crippen molar-refractivity contribution in [2.75, 3.05) is 20.1 Å². The summed E-state index contributed by atoms with van der Waals surface area (Å²) < 4.78 is 13.8. The molecule has 10 nitrogen and oxygen atoms in total. The number of amides is 1. The van der Waals surface area contributed by atoms with Crippen molar-refractivity contribution >= 4 is 56.9 Å². The molecule has 6 unspecified atom stereocenters. The van der Waals surface area contributed by atoms with Gasteiger partial charge in [-0.15, -0.1) is 0 Å². The maximum absolute atomic E-state index is 13.5. The van der Waals surface area contributed by atoms with E-state index in [0.717, 1.165) is 44.3 Å². The molecule has 0 aromatic heterocycles. The zero-order valence-electron chi connectivity index (χ0n) is 30.3. The van der Waals surface area contributed by atoms with Gasteiger partial charge in [0.2, 0.25) is 5.91 Å². The second kappa shape index (κ2) is 17.0. The summed E-state index contributed by atoms with van der Waals surface area (Å²) in [7, 11) is -6.40. The number of carbonyl (C=O) groups is 4. The quantitative estimate of drug-likeness (QED) is 0.0948. The molecule has 0 heterocycles. The molecular formula is C32H64N2O8Si4. The van der Waals surface area contributed by atoms with E-state index in [4.69, 9.17) is 8.23 Å². The fourth-order valence-corrected chi connectivity index (χ4v) is 27.2. The lowest BCUT2D eigenvalue weighted by atomic mass is 9.77. The molecule has 2 fully saturated rings. The third-order valence-corrected chi connectivity index (χ3v) is 27.4. The molecule has 2 saturated carbocycles. The van der Waals surface area contributed by atoms with Crippen LogP contribution in [0.3, 0.4) is 0 Å². The minimum Gasteiger partial charge on any atom is -0.481 e. The number of nitrogens with one attached hydrogen (secondary N) is 2. The lowest BCUT2D eigenvalue weighted by molar-refractivity contribution is -0.149. The zero-order valence-corrected chi connectivity index (χ0v) is 34.3. The first-order valence-electron chi connectivity index (χ1n) is 17.4. The minimum atomic E-state index is -2.38. The first kappa shape index (κ1) is 41.0. The van der Waals surface area contributed by atoms with Gasteiger partial charge in [-0.2, -0.15) is 0 Å². The number of hydrogen-bond donors (Lipinski definition) is 4. The fourth-order valence-electron chi connectivity index (χ4n) is 8.18. The van der Waals surface area contributed by atoms with Crippen molar-refractivity contribution in [3.8, 4) is 0 Å². The average molecular weight is 717 g/mol. The van der Waals surface area contributed by atoms with Gasteiger partial charge in [-0.05, 0) is 147 Å². The highest BCUT2D eigenvalue weighted by Gasteiger charge is 2.50. The second-order valence-corrected chi connectivity index (χ2v) is 34.0. The maximum Gasteiger partial charge on any atom is 0.307 e. The Morgan fingerprint density at radius 1 is 0.652 bits per heavy atom. The largest absolute Gasteiger partial charge is 0.481 e. The van der Waals surface area contributed by atoms with Gasteiger partial charge in [0.15, 0.2) is 33.3 Å². The van der Waals surface area contributed by atoms with E-state index in [1.165, 1.54) is 6.92 Å². The smallest absolute Gasteiger partial charge is 0.307 e. The number of rotatable bonds is 18. The van der Waals surface area contributed by atoms with Crippen LogP contribution in [0.2, 0.25) is 75.5 Å². The summed E-state index contributed by atoms with van der Waals surface area (Å²) >= 11 is 0. The molecule has 2 rings (SSSR count). The second-order valence-electron chi connectivity index (χ2n) is 16.3. The Hall–Kier alpha value is -1.17. The van der Waals surface area contributed by atoms with Gasteiger partial charge in [0.25, 0.3) is 0 Å². The first-order valence-corrected chi connectivity index (χ1v) is 29.6. The number of carboxylic acids is 2. The average Bonchev–Trinajstić information content (AvgIpc) is 2.93. The van der Waals surface area contributed by atoms with Crippen LogP contribution in [0.25, 0.3) is 0 Å². The number of ketones is 1. The summed E-state index contributed by atoms with van der Waals surface area (Å²) in [5.74, 6) is -4.44. The Morgan fingerprint density at radius 2 is 1.09 bits per heavy atom. The molecule has 0 bridgehead atoms. The third-order valence-electron chi connectivity index (χ3n) is 10.7. The van der Waals surface area contributed by atoms with Crippen molar-refractivity contribution in [2.45, 2.75) is 134 Å². The van der Waals surface area contributed by atoms with Crippen LogP contribution in [-0.2, 0) is 27.4 Å². The lowest BCUT2D eigenvalue weighted by Crippen LogP contribution is -2.53. The molecule has 46 heavy (non-hydrogen) atoms. The number of carbonyl (C=O) groups excluding carboxylic acids is 2. The highest BCUT2D eigenvalue weighted by atomic mass is 28.4. The predicted octanol–water partition coefficient (Wildman–Crippen LogP) is 6.29. The summed E-state index contributed by atoms with van der Waals surface area (Å²) in [6, 6.07) is 2.06. The van der Waals surface area contributed by atoms with Crippen LogP contribution in [-0.4, -0.2) is 87.2 Å².